The summed E-state index contributed by atoms with van der Waals surface area (Å²) in [5, 5.41) is 0. The SMILES string of the molecule is CC(C)COc1nc(N(C)c2ccc(OC(C)C)cc2)ncc1C(F)(F)F. The van der Waals surface area contributed by atoms with Gasteiger partial charge in [-0.15, -0.1) is 0 Å². The summed E-state index contributed by atoms with van der Waals surface area (Å²) in [6.45, 7) is 7.68. The highest BCUT2D eigenvalue weighted by Crippen LogP contribution is 2.36. The molecule has 1 aromatic heterocycles. The Morgan fingerprint density at radius 2 is 1.70 bits per heavy atom. The molecule has 0 atom stereocenters. The van der Waals surface area contributed by atoms with Crippen molar-refractivity contribution < 1.29 is 22.6 Å². The zero-order chi connectivity index (χ0) is 20.2. The van der Waals surface area contributed by atoms with Crippen LogP contribution in [-0.2, 0) is 6.18 Å². The third kappa shape index (κ3) is 5.74. The summed E-state index contributed by atoms with van der Waals surface area (Å²) < 4.78 is 50.5. The molecule has 5 nitrogen and oxygen atoms in total. The molecular weight excluding hydrogens is 359 g/mol. The molecule has 148 valence electrons. The standard InChI is InChI=1S/C19H24F3N3O2/c1-12(2)11-26-17-16(19(20,21)22)10-23-18(24-17)25(5)14-6-8-15(9-7-14)27-13(3)4/h6-10,12-13H,11H2,1-5H3. The molecule has 0 aliphatic rings. The summed E-state index contributed by atoms with van der Waals surface area (Å²) in [6, 6.07) is 7.14. The summed E-state index contributed by atoms with van der Waals surface area (Å²) in [5.74, 6) is 0.416. The molecule has 27 heavy (non-hydrogen) atoms. The minimum Gasteiger partial charge on any atom is -0.491 e. The Morgan fingerprint density at radius 1 is 1.07 bits per heavy atom. The Balaban J connectivity index is 2.29. The van der Waals surface area contributed by atoms with Gasteiger partial charge in [-0.2, -0.15) is 18.2 Å². The number of hydrogen-bond acceptors (Lipinski definition) is 5. The van der Waals surface area contributed by atoms with Gasteiger partial charge in [-0.05, 0) is 44.0 Å². The zero-order valence-electron chi connectivity index (χ0n) is 16.0. The molecule has 0 spiro atoms. The quantitative estimate of drug-likeness (QED) is 0.667. The van der Waals surface area contributed by atoms with Gasteiger partial charge in [0, 0.05) is 18.9 Å². The van der Waals surface area contributed by atoms with Crippen molar-refractivity contribution in [2.45, 2.75) is 40.0 Å². The van der Waals surface area contributed by atoms with Crippen LogP contribution in [0.3, 0.4) is 0 Å². The van der Waals surface area contributed by atoms with Crippen LogP contribution in [0.15, 0.2) is 30.5 Å². The van der Waals surface area contributed by atoms with Crippen LogP contribution in [0.5, 0.6) is 11.6 Å². The van der Waals surface area contributed by atoms with Gasteiger partial charge in [0.25, 0.3) is 0 Å². The number of halogens is 3. The van der Waals surface area contributed by atoms with Gasteiger partial charge in [0.15, 0.2) is 0 Å². The van der Waals surface area contributed by atoms with Gasteiger partial charge in [-0.1, -0.05) is 13.8 Å². The zero-order valence-corrected chi connectivity index (χ0v) is 16.0. The third-order valence-electron chi connectivity index (χ3n) is 3.50. The summed E-state index contributed by atoms with van der Waals surface area (Å²) in [5.41, 5.74) is -0.276. The van der Waals surface area contributed by atoms with Crippen molar-refractivity contribution >= 4 is 11.6 Å². The second kappa shape index (κ2) is 8.45. The summed E-state index contributed by atoms with van der Waals surface area (Å²) in [6.07, 6.45) is -3.78. The fourth-order valence-corrected chi connectivity index (χ4v) is 2.21. The van der Waals surface area contributed by atoms with E-state index in [-0.39, 0.29) is 24.6 Å². The molecule has 2 aromatic rings. The highest BCUT2D eigenvalue weighted by Gasteiger charge is 2.36. The molecule has 0 amide bonds. The lowest BCUT2D eigenvalue weighted by molar-refractivity contribution is -0.139. The predicted octanol–water partition coefficient (Wildman–Crippen LogP) is 5.09. The van der Waals surface area contributed by atoms with Crippen LogP contribution in [0.1, 0.15) is 33.3 Å². The van der Waals surface area contributed by atoms with E-state index in [1.165, 1.54) is 0 Å². The second-order valence-corrected chi connectivity index (χ2v) is 6.81. The first-order valence-electron chi connectivity index (χ1n) is 8.65. The number of ether oxygens (including phenoxy) is 2. The minimum atomic E-state index is -4.58. The largest absolute Gasteiger partial charge is 0.491 e. The van der Waals surface area contributed by atoms with Gasteiger partial charge in [-0.3, -0.25) is 0 Å². The Hall–Kier alpha value is -2.51. The number of aromatic nitrogens is 2. The van der Waals surface area contributed by atoms with Crippen molar-refractivity contribution in [3.63, 3.8) is 0 Å². The summed E-state index contributed by atoms with van der Waals surface area (Å²) in [4.78, 5) is 9.45. The number of benzene rings is 1. The van der Waals surface area contributed by atoms with Crippen LogP contribution in [-0.4, -0.2) is 29.7 Å². The van der Waals surface area contributed by atoms with E-state index in [1.54, 1.807) is 36.2 Å². The number of hydrogen-bond donors (Lipinski definition) is 0. The molecule has 0 N–H and O–H groups in total. The first-order chi connectivity index (χ1) is 12.6. The molecule has 0 aliphatic carbocycles. The molecule has 0 fully saturated rings. The first-order valence-corrected chi connectivity index (χ1v) is 8.65. The molecule has 8 heteroatoms. The normalized spacial score (nSPS) is 11.8. The van der Waals surface area contributed by atoms with Crippen LogP contribution >= 0.6 is 0 Å². The minimum absolute atomic E-state index is 0.0486. The maximum atomic E-state index is 13.2. The Kier molecular flexibility index (Phi) is 6.51. The van der Waals surface area contributed by atoms with E-state index in [0.29, 0.717) is 11.4 Å². The predicted molar refractivity (Wildman–Crippen MR) is 97.6 cm³/mol. The van der Waals surface area contributed by atoms with Crippen molar-refractivity contribution in [3.05, 3.63) is 36.0 Å². The second-order valence-electron chi connectivity index (χ2n) is 6.81. The van der Waals surface area contributed by atoms with Crippen molar-refractivity contribution in [3.8, 4) is 11.6 Å². The lowest BCUT2D eigenvalue weighted by Gasteiger charge is -2.20. The van der Waals surface area contributed by atoms with E-state index in [2.05, 4.69) is 9.97 Å². The van der Waals surface area contributed by atoms with E-state index < -0.39 is 17.6 Å². The smallest absolute Gasteiger partial charge is 0.423 e. The Bertz CT molecular complexity index is 747. The van der Waals surface area contributed by atoms with Crippen molar-refractivity contribution in [2.75, 3.05) is 18.6 Å². The topological polar surface area (TPSA) is 47.5 Å². The number of rotatable bonds is 7. The first kappa shape index (κ1) is 20.8. The van der Waals surface area contributed by atoms with E-state index in [1.807, 2.05) is 27.7 Å². The van der Waals surface area contributed by atoms with Crippen molar-refractivity contribution in [1.82, 2.24) is 9.97 Å². The van der Waals surface area contributed by atoms with Crippen molar-refractivity contribution in [2.24, 2.45) is 5.92 Å². The van der Waals surface area contributed by atoms with E-state index in [0.717, 1.165) is 6.20 Å². The van der Waals surface area contributed by atoms with E-state index in [9.17, 15) is 13.2 Å². The molecule has 0 saturated heterocycles. The molecule has 0 aliphatic heterocycles. The fourth-order valence-electron chi connectivity index (χ4n) is 2.21. The number of anilines is 2. The maximum Gasteiger partial charge on any atom is 0.423 e. The van der Waals surface area contributed by atoms with Crippen LogP contribution in [0.25, 0.3) is 0 Å². The van der Waals surface area contributed by atoms with E-state index in [4.69, 9.17) is 9.47 Å². The third-order valence-corrected chi connectivity index (χ3v) is 3.50. The molecule has 1 heterocycles. The average molecular weight is 383 g/mol. The van der Waals surface area contributed by atoms with Gasteiger partial charge in [0.2, 0.25) is 11.8 Å². The molecule has 0 radical (unpaired) electrons. The molecule has 1 aromatic carbocycles. The van der Waals surface area contributed by atoms with Crippen LogP contribution in [0, 0.1) is 5.92 Å². The molecule has 0 saturated carbocycles. The lowest BCUT2D eigenvalue weighted by atomic mass is 10.2. The molecule has 0 bridgehead atoms. The lowest BCUT2D eigenvalue weighted by Crippen LogP contribution is -2.18. The van der Waals surface area contributed by atoms with Gasteiger partial charge in [0.1, 0.15) is 11.3 Å². The summed E-state index contributed by atoms with van der Waals surface area (Å²) >= 11 is 0. The highest BCUT2D eigenvalue weighted by atomic mass is 19.4. The van der Waals surface area contributed by atoms with Crippen LogP contribution in [0.2, 0.25) is 0 Å². The number of alkyl halides is 3. The monoisotopic (exact) mass is 383 g/mol. The molecule has 0 unspecified atom stereocenters. The highest BCUT2D eigenvalue weighted by molar-refractivity contribution is 5.58. The van der Waals surface area contributed by atoms with Gasteiger partial charge in [0.05, 0.1) is 12.7 Å². The summed E-state index contributed by atoms with van der Waals surface area (Å²) in [7, 11) is 1.67. The Morgan fingerprint density at radius 3 is 2.22 bits per heavy atom. The Labute approximate surface area is 157 Å². The van der Waals surface area contributed by atoms with E-state index >= 15 is 0 Å². The fraction of sp³-hybridized carbons (Fsp3) is 0.474. The van der Waals surface area contributed by atoms with Crippen LogP contribution < -0.4 is 14.4 Å². The molecule has 2 rings (SSSR count). The molecular formula is C19H24F3N3O2. The maximum absolute atomic E-state index is 13.2. The average Bonchev–Trinajstić information content (AvgIpc) is 2.58. The van der Waals surface area contributed by atoms with Crippen LogP contribution in [0.4, 0.5) is 24.8 Å². The van der Waals surface area contributed by atoms with Gasteiger partial charge in [-0.25, -0.2) is 4.98 Å². The van der Waals surface area contributed by atoms with Gasteiger partial charge < -0.3 is 14.4 Å². The van der Waals surface area contributed by atoms with Crippen molar-refractivity contribution in [1.29, 1.82) is 0 Å². The van der Waals surface area contributed by atoms with Gasteiger partial charge >= 0.3 is 6.18 Å². The number of nitrogens with zero attached hydrogens (tertiary/aromatic N) is 3.